The number of carbonyl (C=O) groups is 1. The Kier molecular flexibility index (Phi) is 9.28. The standard InChI is InChI=1S/C12H20O2/c1-2-3-4-5-6-7-8-9-10-11-12(13)14/h3-4,7-8H,2,5-6,9-11H2,1H3,(H,13,14)/b4-3-,8-7+. The maximum absolute atomic E-state index is 10.2. The van der Waals surface area contributed by atoms with E-state index in [0.29, 0.717) is 0 Å². The molecule has 0 aliphatic heterocycles. The van der Waals surface area contributed by atoms with Crippen LogP contribution in [0.2, 0.25) is 0 Å². The number of hydrogen-bond donors (Lipinski definition) is 1. The molecule has 0 spiro atoms. The van der Waals surface area contributed by atoms with Crippen molar-refractivity contribution in [1.29, 1.82) is 0 Å². The van der Waals surface area contributed by atoms with Crippen LogP contribution in [0.15, 0.2) is 24.3 Å². The number of unbranched alkanes of at least 4 members (excludes halogenated alkanes) is 2. The smallest absolute Gasteiger partial charge is 0.303 e. The van der Waals surface area contributed by atoms with Crippen molar-refractivity contribution in [2.45, 2.75) is 45.4 Å². The molecule has 0 saturated heterocycles. The fourth-order valence-electron chi connectivity index (χ4n) is 1.08. The molecule has 0 amide bonds. The number of carboxylic acids is 1. The largest absolute Gasteiger partial charge is 0.481 e. The summed E-state index contributed by atoms with van der Waals surface area (Å²) >= 11 is 0. The zero-order valence-electron chi connectivity index (χ0n) is 8.91. The van der Waals surface area contributed by atoms with Gasteiger partial charge in [0.1, 0.15) is 0 Å². The number of allylic oxidation sites excluding steroid dienone is 4. The summed E-state index contributed by atoms with van der Waals surface area (Å²) in [6, 6.07) is 0. The quantitative estimate of drug-likeness (QED) is 0.476. The maximum atomic E-state index is 10.2. The summed E-state index contributed by atoms with van der Waals surface area (Å²) in [4.78, 5) is 10.2. The highest BCUT2D eigenvalue weighted by Crippen LogP contribution is 1.99. The van der Waals surface area contributed by atoms with Crippen molar-refractivity contribution < 1.29 is 9.90 Å². The Labute approximate surface area is 86.3 Å². The van der Waals surface area contributed by atoms with Gasteiger partial charge in [-0.05, 0) is 32.1 Å². The van der Waals surface area contributed by atoms with Crippen LogP contribution in [-0.4, -0.2) is 11.1 Å². The topological polar surface area (TPSA) is 37.3 Å². The van der Waals surface area contributed by atoms with Gasteiger partial charge in [0.05, 0.1) is 0 Å². The van der Waals surface area contributed by atoms with E-state index in [0.717, 1.165) is 32.1 Å². The minimum absolute atomic E-state index is 0.278. The van der Waals surface area contributed by atoms with Crippen molar-refractivity contribution in [1.82, 2.24) is 0 Å². The molecule has 0 rings (SSSR count). The molecule has 0 fully saturated rings. The van der Waals surface area contributed by atoms with Gasteiger partial charge in [0, 0.05) is 6.42 Å². The summed E-state index contributed by atoms with van der Waals surface area (Å²) in [5.41, 5.74) is 0. The lowest BCUT2D eigenvalue weighted by Gasteiger charge is -1.90. The summed E-state index contributed by atoms with van der Waals surface area (Å²) in [7, 11) is 0. The van der Waals surface area contributed by atoms with E-state index in [9.17, 15) is 4.79 Å². The van der Waals surface area contributed by atoms with E-state index in [1.807, 2.05) is 0 Å². The summed E-state index contributed by atoms with van der Waals surface area (Å²) in [5, 5.41) is 8.38. The Morgan fingerprint density at radius 2 is 1.64 bits per heavy atom. The average Bonchev–Trinajstić information content (AvgIpc) is 2.15. The van der Waals surface area contributed by atoms with E-state index in [1.165, 1.54) is 0 Å². The van der Waals surface area contributed by atoms with Crippen LogP contribution in [0.25, 0.3) is 0 Å². The van der Waals surface area contributed by atoms with Gasteiger partial charge in [-0.25, -0.2) is 0 Å². The van der Waals surface area contributed by atoms with E-state index < -0.39 is 5.97 Å². The number of hydrogen-bond acceptors (Lipinski definition) is 1. The second-order valence-corrected chi connectivity index (χ2v) is 3.21. The van der Waals surface area contributed by atoms with E-state index in [-0.39, 0.29) is 6.42 Å². The maximum Gasteiger partial charge on any atom is 0.303 e. The zero-order chi connectivity index (χ0) is 10.6. The first-order chi connectivity index (χ1) is 6.77. The summed E-state index contributed by atoms with van der Waals surface area (Å²) in [5.74, 6) is -0.704. The predicted octanol–water partition coefficient (Wildman–Crippen LogP) is 3.54. The van der Waals surface area contributed by atoms with Crippen LogP contribution in [0.1, 0.15) is 45.4 Å². The van der Waals surface area contributed by atoms with E-state index in [1.54, 1.807) is 0 Å². The molecule has 0 unspecified atom stereocenters. The molecule has 0 saturated carbocycles. The van der Waals surface area contributed by atoms with Crippen molar-refractivity contribution >= 4 is 5.97 Å². The van der Waals surface area contributed by atoms with Crippen LogP contribution in [0.5, 0.6) is 0 Å². The SMILES string of the molecule is CC/C=C\CC/C=C/CCCC(=O)O. The number of carboxylic acid groups (broad SMARTS) is 1. The highest BCUT2D eigenvalue weighted by Gasteiger charge is 1.92. The molecule has 0 aliphatic rings. The normalized spacial score (nSPS) is 11.5. The van der Waals surface area contributed by atoms with Crippen molar-refractivity contribution in [3.05, 3.63) is 24.3 Å². The minimum Gasteiger partial charge on any atom is -0.481 e. The van der Waals surface area contributed by atoms with Gasteiger partial charge >= 0.3 is 5.97 Å². The first-order valence-electron chi connectivity index (χ1n) is 5.29. The van der Waals surface area contributed by atoms with Gasteiger partial charge in [-0.3, -0.25) is 4.79 Å². The molecular formula is C12H20O2. The first kappa shape index (κ1) is 12.9. The number of rotatable bonds is 8. The first-order valence-corrected chi connectivity index (χ1v) is 5.29. The van der Waals surface area contributed by atoms with Gasteiger partial charge in [-0.2, -0.15) is 0 Å². The number of aliphatic carboxylic acids is 1. The van der Waals surface area contributed by atoms with Gasteiger partial charge < -0.3 is 5.11 Å². The third-order valence-electron chi connectivity index (χ3n) is 1.83. The molecule has 0 radical (unpaired) electrons. The Morgan fingerprint density at radius 1 is 1.07 bits per heavy atom. The van der Waals surface area contributed by atoms with Gasteiger partial charge in [-0.15, -0.1) is 0 Å². The fraction of sp³-hybridized carbons (Fsp3) is 0.583. The Balaban J connectivity index is 3.19. The second-order valence-electron chi connectivity index (χ2n) is 3.21. The van der Waals surface area contributed by atoms with Crippen LogP contribution in [0.3, 0.4) is 0 Å². The lowest BCUT2D eigenvalue weighted by molar-refractivity contribution is -0.137. The molecule has 0 aromatic carbocycles. The summed E-state index contributed by atoms with van der Waals surface area (Å²) < 4.78 is 0. The summed E-state index contributed by atoms with van der Waals surface area (Å²) in [6.07, 6.45) is 13.7. The molecule has 1 N–H and O–H groups in total. The summed E-state index contributed by atoms with van der Waals surface area (Å²) in [6.45, 7) is 2.12. The molecule has 0 aliphatic carbocycles. The zero-order valence-corrected chi connectivity index (χ0v) is 8.91. The second kappa shape index (κ2) is 10.0. The Bertz CT molecular complexity index is 192. The van der Waals surface area contributed by atoms with Crippen molar-refractivity contribution in [3.8, 4) is 0 Å². The lowest BCUT2D eigenvalue weighted by Crippen LogP contribution is -1.92. The molecule has 80 valence electrons. The van der Waals surface area contributed by atoms with E-state index in [4.69, 9.17) is 5.11 Å². The van der Waals surface area contributed by atoms with Crippen molar-refractivity contribution in [2.24, 2.45) is 0 Å². The molecule has 0 aromatic rings. The van der Waals surface area contributed by atoms with E-state index >= 15 is 0 Å². The van der Waals surface area contributed by atoms with E-state index in [2.05, 4.69) is 31.2 Å². The van der Waals surface area contributed by atoms with Gasteiger partial charge in [0.15, 0.2) is 0 Å². The van der Waals surface area contributed by atoms with Crippen LogP contribution in [0, 0.1) is 0 Å². The molecular weight excluding hydrogens is 176 g/mol. The lowest BCUT2D eigenvalue weighted by atomic mass is 10.2. The molecule has 0 atom stereocenters. The van der Waals surface area contributed by atoms with Crippen LogP contribution in [0.4, 0.5) is 0 Å². The molecule has 2 nitrogen and oxygen atoms in total. The minimum atomic E-state index is -0.704. The van der Waals surface area contributed by atoms with Crippen LogP contribution in [-0.2, 0) is 4.79 Å². The molecule has 0 aromatic heterocycles. The average molecular weight is 196 g/mol. The van der Waals surface area contributed by atoms with Crippen LogP contribution >= 0.6 is 0 Å². The van der Waals surface area contributed by atoms with Gasteiger partial charge in [-0.1, -0.05) is 31.2 Å². The fourth-order valence-corrected chi connectivity index (χ4v) is 1.08. The third kappa shape index (κ3) is 11.0. The third-order valence-corrected chi connectivity index (χ3v) is 1.83. The Morgan fingerprint density at radius 3 is 2.21 bits per heavy atom. The molecule has 0 heterocycles. The predicted molar refractivity (Wildman–Crippen MR) is 59.3 cm³/mol. The monoisotopic (exact) mass is 196 g/mol. The van der Waals surface area contributed by atoms with Crippen molar-refractivity contribution in [2.75, 3.05) is 0 Å². The van der Waals surface area contributed by atoms with Gasteiger partial charge in [0.25, 0.3) is 0 Å². The van der Waals surface area contributed by atoms with Gasteiger partial charge in [0.2, 0.25) is 0 Å². The highest BCUT2D eigenvalue weighted by atomic mass is 16.4. The molecule has 14 heavy (non-hydrogen) atoms. The molecule has 2 heteroatoms. The highest BCUT2D eigenvalue weighted by molar-refractivity contribution is 5.66. The Hall–Kier alpha value is -1.05. The molecule has 0 bridgehead atoms. The van der Waals surface area contributed by atoms with Crippen LogP contribution < -0.4 is 0 Å². The van der Waals surface area contributed by atoms with Crippen molar-refractivity contribution in [3.63, 3.8) is 0 Å².